The Morgan fingerprint density at radius 1 is 1.36 bits per heavy atom. The van der Waals surface area contributed by atoms with Gasteiger partial charge in [-0.05, 0) is 38.3 Å². The van der Waals surface area contributed by atoms with Gasteiger partial charge in [0.1, 0.15) is 12.3 Å². The number of sulfonamides is 1. The quantitative estimate of drug-likeness (QED) is 0.754. The van der Waals surface area contributed by atoms with Crippen LogP contribution in [0.15, 0.2) is 24.5 Å². The molecule has 0 aliphatic carbocycles. The lowest BCUT2D eigenvalue weighted by atomic mass is 9.98. The van der Waals surface area contributed by atoms with Crippen LogP contribution in [0.1, 0.15) is 31.0 Å². The summed E-state index contributed by atoms with van der Waals surface area (Å²) < 4.78 is 32.5. The van der Waals surface area contributed by atoms with Gasteiger partial charge in [0.2, 0.25) is 10.0 Å². The van der Waals surface area contributed by atoms with Crippen LogP contribution in [0.25, 0.3) is 5.65 Å². The Kier molecular flexibility index (Phi) is 5.10. The van der Waals surface area contributed by atoms with Gasteiger partial charge < -0.3 is 9.14 Å². The van der Waals surface area contributed by atoms with Crippen molar-refractivity contribution in [3.63, 3.8) is 0 Å². The number of carbonyl (C=O) groups is 1. The molecule has 7 nitrogen and oxygen atoms in total. The number of aromatic nitrogens is 2. The Morgan fingerprint density at radius 2 is 2.08 bits per heavy atom. The lowest BCUT2D eigenvalue weighted by molar-refractivity contribution is -0.151. The average Bonchev–Trinajstić information content (AvgIpc) is 3.04. The highest BCUT2D eigenvalue weighted by molar-refractivity contribution is 7.89. The number of rotatable bonds is 5. The van der Waals surface area contributed by atoms with E-state index in [4.69, 9.17) is 4.74 Å². The summed E-state index contributed by atoms with van der Waals surface area (Å²) in [6, 6.07) is 3.92. The van der Waals surface area contributed by atoms with Crippen molar-refractivity contribution >= 4 is 21.6 Å². The summed E-state index contributed by atoms with van der Waals surface area (Å²) in [6.45, 7) is 4.50. The van der Waals surface area contributed by atoms with Crippen molar-refractivity contribution in [1.29, 1.82) is 0 Å². The topological polar surface area (TPSA) is 81.0 Å². The van der Waals surface area contributed by atoms with Crippen LogP contribution in [-0.2, 0) is 26.2 Å². The predicted octanol–water partition coefficient (Wildman–Crippen LogP) is 1.75. The monoisotopic (exact) mass is 365 g/mol. The molecule has 1 aliphatic heterocycles. The molecule has 0 N–H and O–H groups in total. The van der Waals surface area contributed by atoms with Gasteiger partial charge in [-0.1, -0.05) is 6.07 Å². The normalized spacial score (nSPS) is 17.0. The molecule has 0 saturated carbocycles. The van der Waals surface area contributed by atoms with Crippen LogP contribution in [0.2, 0.25) is 0 Å². The fraction of sp³-hybridized carbons (Fsp3) is 0.529. The number of nitrogens with zero attached hydrogens (tertiary/aromatic N) is 3. The van der Waals surface area contributed by atoms with Crippen LogP contribution in [-0.4, -0.2) is 46.9 Å². The molecule has 3 heterocycles. The predicted molar refractivity (Wildman–Crippen MR) is 93.5 cm³/mol. The molecule has 0 unspecified atom stereocenters. The summed E-state index contributed by atoms with van der Waals surface area (Å²) in [5.41, 5.74) is 2.62. The number of imidazole rings is 1. The minimum atomic E-state index is -3.18. The number of pyridine rings is 1. The SMILES string of the molecule is CCS(=O)(=O)N1CCC(C(=O)OCc2cn3cccc(C)c3n2)CC1. The van der Waals surface area contributed by atoms with Crippen molar-refractivity contribution in [2.45, 2.75) is 33.3 Å². The molecule has 0 aromatic carbocycles. The van der Waals surface area contributed by atoms with E-state index in [2.05, 4.69) is 4.98 Å². The number of piperidine rings is 1. The van der Waals surface area contributed by atoms with Gasteiger partial charge in [0.25, 0.3) is 0 Å². The van der Waals surface area contributed by atoms with E-state index in [1.807, 2.05) is 35.9 Å². The third kappa shape index (κ3) is 3.85. The molecular formula is C17H23N3O4S. The van der Waals surface area contributed by atoms with Gasteiger partial charge in [-0.3, -0.25) is 4.79 Å². The lowest BCUT2D eigenvalue weighted by Gasteiger charge is -2.29. The van der Waals surface area contributed by atoms with Gasteiger partial charge >= 0.3 is 5.97 Å². The van der Waals surface area contributed by atoms with Gasteiger partial charge in [-0.15, -0.1) is 0 Å². The molecule has 2 aromatic rings. The van der Waals surface area contributed by atoms with E-state index in [0.717, 1.165) is 11.2 Å². The standard InChI is InChI=1S/C17H23N3O4S/c1-3-25(22,23)20-9-6-14(7-10-20)17(21)24-12-15-11-19-8-4-5-13(2)16(19)18-15/h4-5,8,11,14H,3,6-7,9-10,12H2,1-2H3. The van der Waals surface area contributed by atoms with E-state index in [0.29, 0.717) is 31.6 Å². The first-order chi connectivity index (χ1) is 11.9. The van der Waals surface area contributed by atoms with E-state index in [9.17, 15) is 13.2 Å². The van der Waals surface area contributed by atoms with Crippen LogP contribution in [0.5, 0.6) is 0 Å². The number of hydrogen-bond donors (Lipinski definition) is 0. The molecule has 3 rings (SSSR count). The zero-order valence-electron chi connectivity index (χ0n) is 14.5. The summed E-state index contributed by atoms with van der Waals surface area (Å²) in [7, 11) is -3.18. The van der Waals surface area contributed by atoms with E-state index < -0.39 is 10.0 Å². The Bertz CT molecular complexity index is 867. The molecule has 2 aromatic heterocycles. The second kappa shape index (κ2) is 7.13. The van der Waals surface area contributed by atoms with Gasteiger partial charge in [0, 0.05) is 25.5 Å². The van der Waals surface area contributed by atoms with Crippen LogP contribution in [0, 0.1) is 12.8 Å². The Balaban J connectivity index is 1.55. The third-order valence-electron chi connectivity index (χ3n) is 4.64. The van der Waals surface area contributed by atoms with Crippen molar-refractivity contribution < 1.29 is 17.9 Å². The molecule has 0 radical (unpaired) electrons. The van der Waals surface area contributed by atoms with Crippen LogP contribution in [0.3, 0.4) is 0 Å². The van der Waals surface area contributed by atoms with E-state index in [1.54, 1.807) is 6.92 Å². The molecule has 0 bridgehead atoms. The van der Waals surface area contributed by atoms with Crippen LogP contribution < -0.4 is 0 Å². The molecule has 25 heavy (non-hydrogen) atoms. The van der Waals surface area contributed by atoms with Crippen molar-refractivity contribution in [3.8, 4) is 0 Å². The van der Waals surface area contributed by atoms with E-state index in [1.165, 1.54) is 4.31 Å². The fourth-order valence-electron chi connectivity index (χ4n) is 3.09. The number of fused-ring (bicyclic) bond motifs is 1. The molecule has 136 valence electrons. The molecule has 0 atom stereocenters. The zero-order chi connectivity index (χ0) is 18.0. The maximum Gasteiger partial charge on any atom is 0.309 e. The lowest BCUT2D eigenvalue weighted by Crippen LogP contribution is -2.41. The Labute approximate surface area is 147 Å². The number of esters is 1. The molecular weight excluding hydrogens is 342 g/mol. The molecule has 1 aliphatic rings. The highest BCUT2D eigenvalue weighted by Gasteiger charge is 2.31. The maximum absolute atomic E-state index is 12.3. The Morgan fingerprint density at radius 3 is 2.72 bits per heavy atom. The average molecular weight is 365 g/mol. The summed E-state index contributed by atoms with van der Waals surface area (Å²) >= 11 is 0. The van der Waals surface area contributed by atoms with Crippen molar-refractivity contribution in [1.82, 2.24) is 13.7 Å². The summed E-state index contributed by atoms with van der Waals surface area (Å²) in [6.07, 6.45) is 4.77. The van der Waals surface area contributed by atoms with E-state index >= 15 is 0 Å². The molecule has 1 fully saturated rings. The highest BCUT2D eigenvalue weighted by atomic mass is 32.2. The van der Waals surface area contributed by atoms with Gasteiger partial charge in [0.05, 0.1) is 17.4 Å². The first-order valence-corrected chi connectivity index (χ1v) is 10.1. The zero-order valence-corrected chi connectivity index (χ0v) is 15.3. The minimum absolute atomic E-state index is 0.0927. The number of aryl methyl sites for hydroxylation is 1. The summed E-state index contributed by atoms with van der Waals surface area (Å²) in [4.78, 5) is 16.7. The van der Waals surface area contributed by atoms with Gasteiger partial charge in [-0.2, -0.15) is 0 Å². The third-order valence-corrected chi connectivity index (χ3v) is 6.52. The summed E-state index contributed by atoms with van der Waals surface area (Å²) in [5.74, 6) is -0.431. The van der Waals surface area contributed by atoms with Crippen molar-refractivity contribution in [2.75, 3.05) is 18.8 Å². The van der Waals surface area contributed by atoms with Gasteiger partial charge in [0.15, 0.2) is 0 Å². The van der Waals surface area contributed by atoms with Crippen molar-refractivity contribution in [2.24, 2.45) is 5.92 Å². The fourth-order valence-corrected chi connectivity index (χ4v) is 4.22. The maximum atomic E-state index is 12.3. The van der Waals surface area contributed by atoms with Crippen LogP contribution in [0.4, 0.5) is 0 Å². The molecule has 1 saturated heterocycles. The largest absolute Gasteiger partial charge is 0.459 e. The van der Waals surface area contributed by atoms with Gasteiger partial charge in [-0.25, -0.2) is 17.7 Å². The summed E-state index contributed by atoms with van der Waals surface area (Å²) in [5, 5.41) is 0. The first-order valence-electron chi connectivity index (χ1n) is 8.48. The molecule has 0 amide bonds. The first kappa shape index (κ1) is 17.9. The highest BCUT2D eigenvalue weighted by Crippen LogP contribution is 2.21. The number of ether oxygens (including phenoxy) is 1. The second-order valence-corrected chi connectivity index (χ2v) is 8.59. The Hall–Kier alpha value is -1.93. The molecule has 8 heteroatoms. The van der Waals surface area contributed by atoms with Crippen LogP contribution >= 0.6 is 0 Å². The van der Waals surface area contributed by atoms with Crippen molar-refractivity contribution in [3.05, 3.63) is 35.8 Å². The number of carbonyl (C=O) groups excluding carboxylic acids is 1. The smallest absolute Gasteiger partial charge is 0.309 e. The van der Waals surface area contributed by atoms with E-state index in [-0.39, 0.29) is 24.2 Å². The minimum Gasteiger partial charge on any atom is -0.459 e. The number of hydrogen-bond acceptors (Lipinski definition) is 5. The second-order valence-electron chi connectivity index (χ2n) is 6.34. The molecule has 0 spiro atoms.